The highest BCUT2D eigenvalue weighted by Crippen LogP contribution is 2.26. The summed E-state index contributed by atoms with van der Waals surface area (Å²) in [5.74, 6) is -0.476. The van der Waals surface area contributed by atoms with Gasteiger partial charge >= 0.3 is 0 Å². The lowest BCUT2D eigenvalue weighted by atomic mass is 10.1. The van der Waals surface area contributed by atoms with E-state index in [0.29, 0.717) is 15.7 Å². The van der Waals surface area contributed by atoms with Crippen molar-refractivity contribution in [3.05, 3.63) is 70.2 Å². The summed E-state index contributed by atoms with van der Waals surface area (Å²) in [4.78, 5) is 8.55. The number of rotatable bonds is 2. The molecule has 1 aromatic heterocycles. The molecular formula is C15H10BrFN2O. The van der Waals surface area contributed by atoms with Crippen molar-refractivity contribution in [1.29, 1.82) is 0 Å². The molecular weight excluding hydrogens is 323 g/mol. The Balaban J connectivity index is 2.07. The number of hydrogen-bond donors (Lipinski definition) is 1. The molecule has 20 heavy (non-hydrogen) atoms. The first-order valence-electron chi connectivity index (χ1n) is 6.00. The smallest absolute Gasteiger partial charge is 0.129 e. The lowest BCUT2D eigenvalue weighted by Gasteiger charge is -2.12. The van der Waals surface area contributed by atoms with Crippen molar-refractivity contribution in [2.24, 2.45) is 0 Å². The fourth-order valence-electron chi connectivity index (χ4n) is 1.99. The van der Waals surface area contributed by atoms with Crippen LogP contribution in [0.4, 0.5) is 4.39 Å². The molecule has 0 bridgehead atoms. The van der Waals surface area contributed by atoms with Crippen LogP contribution in [0.15, 0.2) is 53.1 Å². The van der Waals surface area contributed by atoms with E-state index in [9.17, 15) is 9.50 Å². The molecule has 1 heterocycles. The zero-order valence-electron chi connectivity index (χ0n) is 10.3. The maximum Gasteiger partial charge on any atom is 0.129 e. The Hall–Kier alpha value is -1.85. The van der Waals surface area contributed by atoms with Crippen LogP contribution in [0.5, 0.6) is 0 Å². The van der Waals surface area contributed by atoms with Crippen LogP contribution >= 0.6 is 15.9 Å². The molecule has 1 N–H and O–H groups in total. The SMILES string of the molecule is OC(c1cnc2ccccc2n1)c1cc(Br)ccc1F. The largest absolute Gasteiger partial charge is 0.382 e. The molecule has 0 saturated heterocycles. The molecule has 0 aliphatic heterocycles. The van der Waals surface area contributed by atoms with Crippen LogP contribution in [0.2, 0.25) is 0 Å². The maximum absolute atomic E-state index is 13.8. The molecule has 3 nitrogen and oxygen atoms in total. The minimum absolute atomic E-state index is 0.170. The third kappa shape index (κ3) is 2.42. The molecule has 3 aromatic rings. The summed E-state index contributed by atoms with van der Waals surface area (Å²) in [6.45, 7) is 0. The van der Waals surface area contributed by atoms with Crippen molar-refractivity contribution < 1.29 is 9.50 Å². The number of aliphatic hydroxyl groups is 1. The number of nitrogens with zero attached hydrogens (tertiary/aromatic N) is 2. The molecule has 0 spiro atoms. The second-order valence-corrected chi connectivity index (χ2v) is 5.27. The summed E-state index contributed by atoms with van der Waals surface area (Å²) in [7, 11) is 0. The average Bonchev–Trinajstić information content (AvgIpc) is 2.48. The summed E-state index contributed by atoms with van der Waals surface area (Å²) < 4.78 is 14.5. The molecule has 0 radical (unpaired) electrons. The van der Waals surface area contributed by atoms with Crippen LogP contribution < -0.4 is 0 Å². The van der Waals surface area contributed by atoms with Crippen molar-refractivity contribution in [2.45, 2.75) is 6.10 Å². The molecule has 5 heteroatoms. The molecule has 100 valence electrons. The summed E-state index contributed by atoms with van der Waals surface area (Å²) in [6.07, 6.45) is 0.317. The van der Waals surface area contributed by atoms with Gasteiger partial charge in [0.2, 0.25) is 0 Å². The molecule has 0 amide bonds. The number of aliphatic hydroxyl groups excluding tert-OH is 1. The normalized spacial score (nSPS) is 12.6. The van der Waals surface area contributed by atoms with E-state index in [-0.39, 0.29) is 5.56 Å². The van der Waals surface area contributed by atoms with Crippen LogP contribution in [-0.2, 0) is 0 Å². The molecule has 0 saturated carbocycles. The zero-order chi connectivity index (χ0) is 14.1. The number of fused-ring (bicyclic) bond motifs is 1. The fourth-order valence-corrected chi connectivity index (χ4v) is 2.37. The summed E-state index contributed by atoms with van der Waals surface area (Å²) >= 11 is 3.26. The van der Waals surface area contributed by atoms with Gasteiger partial charge in [-0.05, 0) is 30.3 Å². The van der Waals surface area contributed by atoms with Gasteiger partial charge in [0, 0.05) is 10.0 Å². The summed E-state index contributed by atoms with van der Waals surface area (Å²) in [5, 5.41) is 10.3. The zero-order valence-corrected chi connectivity index (χ0v) is 11.9. The molecule has 0 aliphatic rings. The van der Waals surface area contributed by atoms with Crippen LogP contribution in [0, 0.1) is 5.82 Å². The van der Waals surface area contributed by atoms with Gasteiger partial charge in [0.1, 0.15) is 11.9 Å². The first-order chi connectivity index (χ1) is 9.65. The highest BCUT2D eigenvalue weighted by Gasteiger charge is 2.17. The number of para-hydroxylation sites is 2. The van der Waals surface area contributed by atoms with Crippen LogP contribution in [-0.4, -0.2) is 15.1 Å². The van der Waals surface area contributed by atoms with Gasteiger partial charge in [0.25, 0.3) is 0 Å². The Labute approximate surface area is 123 Å². The molecule has 2 aromatic carbocycles. The first-order valence-corrected chi connectivity index (χ1v) is 6.79. The Bertz CT molecular complexity index is 779. The number of hydrogen-bond acceptors (Lipinski definition) is 3. The number of benzene rings is 2. The minimum Gasteiger partial charge on any atom is -0.382 e. The molecule has 1 unspecified atom stereocenters. The third-order valence-electron chi connectivity index (χ3n) is 3.00. The monoisotopic (exact) mass is 332 g/mol. The third-order valence-corrected chi connectivity index (χ3v) is 3.49. The van der Waals surface area contributed by atoms with Gasteiger partial charge in [0.15, 0.2) is 0 Å². The van der Waals surface area contributed by atoms with Crippen molar-refractivity contribution in [2.75, 3.05) is 0 Å². The Morgan fingerprint density at radius 3 is 2.65 bits per heavy atom. The molecule has 0 aliphatic carbocycles. The van der Waals surface area contributed by atoms with Crippen molar-refractivity contribution in [3.63, 3.8) is 0 Å². The van der Waals surface area contributed by atoms with Gasteiger partial charge in [0.05, 0.1) is 22.9 Å². The van der Waals surface area contributed by atoms with Gasteiger partial charge in [-0.2, -0.15) is 0 Å². The first kappa shape index (κ1) is 13.1. The molecule has 3 rings (SSSR count). The van der Waals surface area contributed by atoms with Gasteiger partial charge < -0.3 is 5.11 Å². The molecule has 1 atom stereocenters. The van der Waals surface area contributed by atoms with Crippen molar-refractivity contribution in [3.8, 4) is 0 Å². The van der Waals surface area contributed by atoms with Gasteiger partial charge in [-0.3, -0.25) is 4.98 Å². The fraction of sp³-hybridized carbons (Fsp3) is 0.0667. The van der Waals surface area contributed by atoms with E-state index in [1.54, 1.807) is 12.1 Å². The van der Waals surface area contributed by atoms with Gasteiger partial charge in [-0.25, -0.2) is 9.37 Å². The van der Waals surface area contributed by atoms with Crippen LogP contribution in [0.25, 0.3) is 11.0 Å². The minimum atomic E-state index is -1.15. The number of aromatic nitrogens is 2. The highest BCUT2D eigenvalue weighted by molar-refractivity contribution is 9.10. The van der Waals surface area contributed by atoms with Gasteiger partial charge in [-0.15, -0.1) is 0 Å². The van der Waals surface area contributed by atoms with E-state index in [0.717, 1.165) is 5.52 Å². The number of halogens is 2. The maximum atomic E-state index is 13.8. The summed E-state index contributed by atoms with van der Waals surface area (Å²) in [5.41, 5.74) is 1.89. The standard InChI is InChI=1S/C15H10BrFN2O/c16-9-5-6-11(17)10(7-9)15(20)14-8-18-12-3-1-2-4-13(12)19-14/h1-8,15,20H. The van der Waals surface area contributed by atoms with E-state index in [1.165, 1.54) is 18.3 Å². The average molecular weight is 333 g/mol. The summed E-state index contributed by atoms with van der Waals surface area (Å²) in [6, 6.07) is 11.8. The molecule has 0 fully saturated rings. The topological polar surface area (TPSA) is 46.0 Å². The van der Waals surface area contributed by atoms with E-state index >= 15 is 0 Å². The van der Waals surface area contributed by atoms with Gasteiger partial charge in [-0.1, -0.05) is 28.1 Å². The highest BCUT2D eigenvalue weighted by atomic mass is 79.9. The van der Waals surface area contributed by atoms with Crippen LogP contribution in [0.3, 0.4) is 0 Å². The second-order valence-electron chi connectivity index (χ2n) is 4.35. The second kappa shape index (κ2) is 5.26. The van der Waals surface area contributed by atoms with Crippen molar-refractivity contribution >= 4 is 27.0 Å². The quantitative estimate of drug-likeness (QED) is 0.779. The van der Waals surface area contributed by atoms with E-state index in [2.05, 4.69) is 25.9 Å². The van der Waals surface area contributed by atoms with E-state index in [4.69, 9.17) is 0 Å². The van der Waals surface area contributed by atoms with Crippen molar-refractivity contribution in [1.82, 2.24) is 9.97 Å². The lowest BCUT2D eigenvalue weighted by molar-refractivity contribution is 0.210. The van der Waals surface area contributed by atoms with E-state index < -0.39 is 11.9 Å². The van der Waals surface area contributed by atoms with E-state index in [1.807, 2.05) is 18.2 Å². The lowest BCUT2D eigenvalue weighted by Crippen LogP contribution is -2.05. The van der Waals surface area contributed by atoms with Crippen LogP contribution in [0.1, 0.15) is 17.4 Å². The predicted octanol–water partition coefficient (Wildman–Crippen LogP) is 3.61. The Morgan fingerprint density at radius 2 is 1.85 bits per heavy atom. The Morgan fingerprint density at radius 1 is 1.10 bits per heavy atom. The predicted molar refractivity (Wildman–Crippen MR) is 77.7 cm³/mol. The Kier molecular flexibility index (Phi) is 3.46.